The van der Waals surface area contributed by atoms with Crippen molar-refractivity contribution in [3.63, 3.8) is 0 Å². The fourth-order valence-corrected chi connectivity index (χ4v) is 2.16. The highest BCUT2D eigenvalue weighted by atomic mass is 19.3. The minimum Gasteiger partial charge on any atom is -0.428 e. The number of allylic oxidation sites excluding steroid dienone is 2. The van der Waals surface area contributed by atoms with Gasteiger partial charge in [0, 0.05) is 19.8 Å². The Morgan fingerprint density at radius 3 is 1.81 bits per heavy atom. The highest BCUT2D eigenvalue weighted by Crippen LogP contribution is 2.19. The van der Waals surface area contributed by atoms with Gasteiger partial charge in [0.25, 0.3) is 0 Å². The van der Waals surface area contributed by atoms with Crippen LogP contribution in [-0.2, 0) is 0 Å². The first-order valence-corrected chi connectivity index (χ1v) is 8.05. The molecule has 2 rings (SSSR count). The molecular formula is C21H20F3NO. The van der Waals surface area contributed by atoms with Crippen molar-refractivity contribution in [2.24, 2.45) is 0 Å². The van der Waals surface area contributed by atoms with E-state index >= 15 is 0 Å². The van der Waals surface area contributed by atoms with Gasteiger partial charge < -0.3 is 9.64 Å². The van der Waals surface area contributed by atoms with Crippen molar-refractivity contribution in [2.75, 3.05) is 19.0 Å². The first-order chi connectivity index (χ1) is 12.5. The molecule has 26 heavy (non-hydrogen) atoms. The van der Waals surface area contributed by atoms with Crippen molar-refractivity contribution in [1.29, 1.82) is 0 Å². The highest BCUT2D eigenvalue weighted by molar-refractivity contribution is 5.56. The van der Waals surface area contributed by atoms with Crippen LogP contribution < -0.4 is 9.64 Å². The van der Waals surface area contributed by atoms with E-state index < -0.39 is 12.1 Å². The molecule has 0 saturated heterocycles. The molecule has 136 valence electrons. The van der Waals surface area contributed by atoms with Gasteiger partial charge in [-0.1, -0.05) is 48.6 Å². The maximum atomic E-state index is 12.7. The normalized spacial score (nSPS) is 11.1. The number of rotatable bonds is 7. The molecule has 2 aromatic carbocycles. The Balaban J connectivity index is 1.85. The second kappa shape index (κ2) is 9.51. The predicted octanol–water partition coefficient (Wildman–Crippen LogP) is 6.28. The number of ether oxygens (including phenoxy) is 1. The van der Waals surface area contributed by atoms with Crippen LogP contribution in [0.4, 0.5) is 18.9 Å². The minimum atomic E-state index is -2.47. The molecule has 0 N–H and O–H groups in total. The standard InChI is InChI=1S/C21H20F3NO/c1-25(2)18-12-8-16(9-13-18)6-4-3-5-7-17-10-14-19(15-11-17)26-21(24)20(22)23/h4-15H,3H2,1-2H3. The Morgan fingerprint density at radius 2 is 1.35 bits per heavy atom. The number of hydrogen-bond acceptors (Lipinski definition) is 2. The van der Waals surface area contributed by atoms with Gasteiger partial charge in [0.15, 0.2) is 0 Å². The van der Waals surface area contributed by atoms with Crippen molar-refractivity contribution >= 4 is 17.8 Å². The number of benzene rings is 2. The first-order valence-electron chi connectivity index (χ1n) is 8.05. The van der Waals surface area contributed by atoms with E-state index in [1.165, 1.54) is 12.1 Å². The summed E-state index contributed by atoms with van der Waals surface area (Å²) in [5, 5.41) is 0. The molecule has 0 fully saturated rings. The fourth-order valence-electron chi connectivity index (χ4n) is 2.16. The third-order valence-electron chi connectivity index (χ3n) is 3.54. The SMILES string of the molecule is CN(C)c1ccc(C=CCC=Cc2ccc(OC(F)=C(F)F)cc2)cc1. The lowest BCUT2D eigenvalue weighted by atomic mass is 10.1. The predicted molar refractivity (Wildman–Crippen MR) is 101 cm³/mol. The molecule has 0 amide bonds. The van der Waals surface area contributed by atoms with E-state index in [0.717, 1.165) is 23.2 Å². The second-order valence-corrected chi connectivity index (χ2v) is 5.73. The molecule has 0 aromatic heterocycles. The Hall–Kier alpha value is -2.95. The summed E-state index contributed by atoms with van der Waals surface area (Å²) in [6.07, 6.45) is 6.23. The van der Waals surface area contributed by atoms with E-state index in [1.54, 1.807) is 12.1 Å². The number of nitrogens with zero attached hydrogens (tertiary/aromatic N) is 1. The summed E-state index contributed by atoms with van der Waals surface area (Å²) in [5.41, 5.74) is 3.14. The zero-order valence-corrected chi connectivity index (χ0v) is 14.6. The molecule has 0 heterocycles. The first kappa shape index (κ1) is 19.4. The molecule has 0 saturated carbocycles. The lowest BCUT2D eigenvalue weighted by molar-refractivity contribution is 0.241. The van der Waals surface area contributed by atoms with Crippen LogP contribution in [0.15, 0.2) is 72.8 Å². The van der Waals surface area contributed by atoms with E-state index in [2.05, 4.69) is 29.0 Å². The van der Waals surface area contributed by atoms with Crippen LogP contribution in [0.1, 0.15) is 17.5 Å². The van der Waals surface area contributed by atoms with Gasteiger partial charge in [0.05, 0.1) is 0 Å². The Kier molecular flexibility index (Phi) is 7.09. The summed E-state index contributed by atoms with van der Waals surface area (Å²) in [6, 6.07) is 12.6. The molecule has 0 aliphatic rings. The van der Waals surface area contributed by atoms with E-state index in [1.807, 2.05) is 43.3 Å². The summed E-state index contributed by atoms with van der Waals surface area (Å²) in [7, 11) is 4.00. The summed E-state index contributed by atoms with van der Waals surface area (Å²) in [4.78, 5) is 2.05. The summed E-state index contributed by atoms with van der Waals surface area (Å²) >= 11 is 0. The average molecular weight is 359 g/mol. The Morgan fingerprint density at radius 1 is 0.846 bits per heavy atom. The molecule has 5 heteroatoms. The van der Waals surface area contributed by atoms with Gasteiger partial charge in [0.2, 0.25) is 0 Å². The van der Waals surface area contributed by atoms with Gasteiger partial charge in [-0.2, -0.15) is 13.2 Å². The smallest absolute Gasteiger partial charge is 0.344 e. The third kappa shape index (κ3) is 6.16. The van der Waals surface area contributed by atoms with Crippen molar-refractivity contribution in [2.45, 2.75) is 6.42 Å². The van der Waals surface area contributed by atoms with Crippen LogP contribution >= 0.6 is 0 Å². The number of hydrogen-bond donors (Lipinski definition) is 0. The quantitative estimate of drug-likeness (QED) is 0.539. The minimum absolute atomic E-state index is 0.0218. The molecule has 0 aliphatic heterocycles. The zero-order valence-electron chi connectivity index (χ0n) is 14.6. The molecule has 0 spiro atoms. The molecule has 2 aromatic rings. The van der Waals surface area contributed by atoms with Crippen LogP contribution in [0, 0.1) is 0 Å². The molecule has 0 unspecified atom stereocenters. The maximum Gasteiger partial charge on any atom is 0.344 e. The van der Waals surface area contributed by atoms with Gasteiger partial charge in [-0.15, -0.1) is 0 Å². The lowest BCUT2D eigenvalue weighted by Crippen LogP contribution is -2.07. The van der Waals surface area contributed by atoms with Crippen LogP contribution in [0.2, 0.25) is 0 Å². The number of halogens is 3. The Labute approximate surface area is 151 Å². The fraction of sp³-hybridized carbons (Fsp3) is 0.143. The summed E-state index contributed by atoms with van der Waals surface area (Å²) < 4.78 is 41.0. The second-order valence-electron chi connectivity index (χ2n) is 5.73. The van der Waals surface area contributed by atoms with E-state index in [9.17, 15) is 13.2 Å². The van der Waals surface area contributed by atoms with E-state index in [-0.39, 0.29) is 5.75 Å². The highest BCUT2D eigenvalue weighted by Gasteiger charge is 2.07. The van der Waals surface area contributed by atoms with Gasteiger partial charge in [-0.05, 0) is 41.8 Å². The Bertz CT molecular complexity index is 787. The lowest BCUT2D eigenvalue weighted by Gasteiger charge is -2.11. The van der Waals surface area contributed by atoms with Crippen molar-refractivity contribution in [3.8, 4) is 5.75 Å². The van der Waals surface area contributed by atoms with Crippen LogP contribution in [-0.4, -0.2) is 14.1 Å². The summed E-state index contributed by atoms with van der Waals surface area (Å²) in [6.45, 7) is 0. The summed E-state index contributed by atoms with van der Waals surface area (Å²) in [5.74, 6) is 0.0218. The van der Waals surface area contributed by atoms with E-state index in [0.29, 0.717) is 0 Å². The monoisotopic (exact) mass is 359 g/mol. The van der Waals surface area contributed by atoms with Crippen LogP contribution in [0.3, 0.4) is 0 Å². The van der Waals surface area contributed by atoms with Gasteiger partial charge in [-0.25, -0.2) is 0 Å². The van der Waals surface area contributed by atoms with Gasteiger partial charge in [0.1, 0.15) is 5.75 Å². The molecule has 0 radical (unpaired) electrons. The molecule has 0 bridgehead atoms. The number of anilines is 1. The molecular weight excluding hydrogens is 339 g/mol. The zero-order chi connectivity index (χ0) is 18.9. The van der Waals surface area contributed by atoms with Gasteiger partial charge >= 0.3 is 12.1 Å². The largest absolute Gasteiger partial charge is 0.428 e. The van der Waals surface area contributed by atoms with E-state index in [4.69, 9.17) is 0 Å². The molecule has 0 aliphatic carbocycles. The van der Waals surface area contributed by atoms with Crippen molar-refractivity contribution in [1.82, 2.24) is 0 Å². The third-order valence-corrected chi connectivity index (χ3v) is 3.54. The van der Waals surface area contributed by atoms with Crippen LogP contribution in [0.25, 0.3) is 12.2 Å². The average Bonchev–Trinajstić information content (AvgIpc) is 2.63. The van der Waals surface area contributed by atoms with Crippen molar-refractivity contribution < 1.29 is 17.9 Å². The van der Waals surface area contributed by atoms with Crippen molar-refractivity contribution in [3.05, 3.63) is 83.9 Å². The maximum absolute atomic E-state index is 12.7. The van der Waals surface area contributed by atoms with Gasteiger partial charge in [-0.3, -0.25) is 0 Å². The molecule has 2 nitrogen and oxygen atoms in total. The van der Waals surface area contributed by atoms with Crippen LogP contribution in [0.5, 0.6) is 5.75 Å². The topological polar surface area (TPSA) is 12.5 Å². The molecule has 0 atom stereocenters.